The maximum atomic E-state index is 12.0. The number of anilines is 1. The molecular formula is C17H20N4O2. The molecule has 1 unspecified atom stereocenters. The van der Waals surface area contributed by atoms with E-state index in [2.05, 4.69) is 15.6 Å². The smallest absolute Gasteiger partial charge is 0.244 e. The van der Waals surface area contributed by atoms with Gasteiger partial charge in [-0.05, 0) is 30.7 Å². The maximum Gasteiger partial charge on any atom is 0.244 e. The molecule has 23 heavy (non-hydrogen) atoms. The summed E-state index contributed by atoms with van der Waals surface area (Å²) in [5.41, 5.74) is 1.59. The fourth-order valence-electron chi connectivity index (χ4n) is 2.26. The van der Waals surface area contributed by atoms with Gasteiger partial charge in [0.05, 0.1) is 0 Å². The number of hydrogen-bond donors (Lipinski definition) is 2. The number of aryl methyl sites for hydroxylation is 1. The van der Waals surface area contributed by atoms with Crippen LogP contribution < -0.4 is 10.6 Å². The van der Waals surface area contributed by atoms with Crippen molar-refractivity contribution in [2.24, 2.45) is 7.05 Å². The van der Waals surface area contributed by atoms with Crippen LogP contribution in [0.3, 0.4) is 0 Å². The van der Waals surface area contributed by atoms with Gasteiger partial charge in [-0.25, -0.2) is 4.98 Å². The molecule has 2 amide bonds. The van der Waals surface area contributed by atoms with E-state index in [4.69, 9.17) is 0 Å². The van der Waals surface area contributed by atoms with Crippen molar-refractivity contribution in [3.8, 4) is 0 Å². The summed E-state index contributed by atoms with van der Waals surface area (Å²) in [5, 5.41) is 5.66. The first-order valence-corrected chi connectivity index (χ1v) is 7.29. The molecule has 1 heterocycles. The normalized spacial score (nSPS) is 12.1. The van der Waals surface area contributed by atoms with Crippen LogP contribution in [0.15, 0.2) is 48.8 Å². The molecule has 0 radical (unpaired) electrons. The van der Waals surface area contributed by atoms with Gasteiger partial charge in [0.25, 0.3) is 0 Å². The van der Waals surface area contributed by atoms with Crippen LogP contribution in [0.1, 0.15) is 31.3 Å². The quantitative estimate of drug-likeness (QED) is 0.831. The van der Waals surface area contributed by atoms with Crippen LogP contribution in [-0.4, -0.2) is 21.4 Å². The molecule has 0 aliphatic rings. The van der Waals surface area contributed by atoms with Gasteiger partial charge in [-0.2, -0.15) is 0 Å². The lowest BCUT2D eigenvalue weighted by Gasteiger charge is -2.18. The second kappa shape index (κ2) is 7.40. The Morgan fingerprint density at radius 3 is 2.48 bits per heavy atom. The molecule has 1 atom stereocenters. The largest absolute Gasteiger partial charge is 0.339 e. The number of nitrogens with one attached hydrogen (secondary N) is 2. The van der Waals surface area contributed by atoms with Crippen molar-refractivity contribution >= 4 is 17.5 Å². The number of imidazole rings is 1. The topological polar surface area (TPSA) is 76.0 Å². The molecule has 2 N–H and O–H groups in total. The minimum Gasteiger partial charge on any atom is -0.339 e. The third kappa shape index (κ3) is 4.29. The number of nitrogens with zero attached hydrogens (tertiary/aromatic N) is 2. The summed E-state index contributed by atoms with van der Waals surface area (Å²) in [6.45, 7) is 3.25. The van der Waals surface area contributed by atoms with E-state index in [1.807, 2.05) is 29.9 Å². The molecule has 1 aromatic heterocycles. The summed E-state index contributed by atoms with van der Waals surface area (Å²) in [6.07, 6.45) is 6.68. The number of carbonyl (C=O) groups is 2. The average Bonchev–Trinajstić information content (AvgIpc) is 2.91. The highest BCUT2D eigenvalue weighted by molar-refractivity contribution is 5.89. The van der Waals surface area contributed by atoms with Gasteiger partial charge in [0.1, 0.15) is 11.9 Å². The van der Waals surface area contributed by atoms with Gasteiger partial charge in [-0.3, -0.25) is 9.59 Å². The second-order valence-corrected chi connectivity index (χ2v) is 5.14. The zero-order chi connectivity index (χ0) is 16.8. The molecular weight excluding hydrogens is 292 g/mol. The van der Waals surface area contributed by atoms with E-state index in [1.165, 1.54) is 13.0 Å². The summed E-state index contributed by atoms with van der Waals surface area (Å²) in [4.78, 5) is 27.4. The van der Waals surface area contributed by atoms with Crippen molar-refractivity contribution in [2.75, 3.05) is 5.32 Å². The first-order chi connectivity index (χ1) is 11.0. The molecule has 0 bridgehead atoms. The first kappa shape index (κ1) is 16.5. The highest BCUT2D eigenvalue weighted by atomic mass is 16.2. The molecule has 0 fully saturated rings. The highest BCUT2D eigenvalue weighted by Crippen LogP contribution is 2.22. The molecule has 0 saturated carbocycles. The number of hydrogen-bond acceptors (Lipinski definition) is 3. The summed E-state index contributed by atoms with van der Waals surface area (Å²) < 4.78 is 1.86. The minimum atomic E-state index is -0.370. The van der Waals surface area contributed by atoms with Crippen molar-refractivity contribution in [3.05, 3.63) is 60.2 Å². The zero-order valence-corrected chi connectivity index (χ0v) is 13.4. The van der Waals surface area contributed by atoms with Gasteiger partial charge in [0, 0.05) is 32.1 Å². The van der Waals surface area contributed by atoms with Crippen LogP contribution in [-0.2, 0) is 16.6 Å². The van der Waals surface area contributed by atoms with Gasteiger partial charge in [-0.1, -0.05) is 18.2 Å². The number of amides is 2. The average molecular weight is 312 g/mol. The molecule has 2 rings (SSSR count). The van der Waals surface area contributed by atoms with E-state index >= 15 is 0 Å². The number of aromatic nitrogens is 2. The van der Waals surface area contributed by atoms with Crippen LogP contribution in [0.4, 0.5) is 5.69 Å². The SMILES string of the molecule is C/C=C/C(=O)NC(c1ccc(NC(C)=O)cc1)c1nccn1C. The summed E-state index contributed by atoms with van der Waals surface area (Å²) in [6, 6.07) is 6.95. The molecule has 0 saturated heterocycles. The van der Waals surface area contributed by atoms with Gasteiger partial charge in [0.2, 0.25) is 11.8 Å². The predicted octanol–water partition coefficient (Wildman–Crippen LogP) is 2.16. The lowest BCUT2D eigenvalue weighted by Crippen LogP contribution is -2.29. The Labute approximate surface area is 135 Å². The monoisotopic (exact) mass is 312 g/mol. The van der Waals surface area contributed by atoms with Gasteiger partial charge >= 0.3 is 0 Å². The van der Waals surface area contributed by atoms with Crippen molar-refractivity contribution in [2.45, 2.75) is 19.9 Å². The standard InChI is InChI=1S/C17H20N4O2/c1-4-5-15(23)20-16(17-18-10-11-21(17)3)13-6-8-14(9-7-13)19-12(2)22/h4-11,16H,1-3H3,(H,19,22)(H,20,23)/b5-4+. The number of rotatable bonds is 5. The van der Waals surface area contributed by atoms with Gasteiger partial charge in [0.15, 0.2) is 0 Å². The molecule has 120 valence electrons. The van der Waals surface area contributed by atoms with Crippen molar-refractivity contribution in [3.63, 3.8) is 0 Å². The predicted molar refractivity (Wildman–Crippen MR) is 88.8 cm³/mol. The number of benzene rings is 1. The van der Waals surface area contributed by atoms with E-state index < -0.39 is 0 Å². The first-order valence-electron chi connectivity index (χ1n) is 7.29. The minimum absolute atomic E-state index is 0.125. The Balaban J connectivity index is 2.31. The van der Waals surface area contributed by atoms with E-state index in [9.17, 15) is 9.59 Å². The Morgan fingerprint density at radius 1 is 1.26 bits per heavy atom. The Bertz CT molecular complexity index is 716. The van der Waals surface area contributed by atoms with Gasteiger partial charge < -0.3 is 15.2 Å². The maximum absolute atomic E-state index is 12.0. The summed E-state index contributed by atoms with van der Waals surface area (Å²) in [7, 11) is 1.88. The molecule has 6 heteroatoms. The van der Waals surface area contributed by atoms with Crippen molar-refractivity contribution in [1.29, 1.82) is 0 Å². The zero-order valence-electron chi connectivity index (χ0n) is 13.4. The fraction of sp³-hybridized carbons (Fsp3) is 0.235. The van der Waals surface area contributed by atoms with Gasteiger partial charge in [-0.15, -0.1) is 0 Å². The molecule has 6 nitrogen and oxygen atoms in total. The molecule has 0 aliphatic carbocycles. The highest BCUT2D eigenvalue weighted by Gasteiger charge is 2.19. The molecule has 1 aromatic carbocycles. The van der Waals surface area contributed by atoms with Crippen LogP contribution in [0.25, 0.3) is 0 Å². The summed E-state index contributed by atoms with van der Waals surface area (Å²) in [5.74, 6) is 0.418. The Kier molecular flexibility index (Phi) is 5.30. The van der Waals surface area contributed by atoms with Crippen LogP contribution in [0, 0.1) is 0 Å². The summed E-state index contributed by atoms with van der Waals surface area (Å²) >= 11 is 0. The van der Waals surface area contributed by atoms with E-state index in [0.717, 1.165) is 11.4 Å². The number of carbonyl (C=O) groups excluding carboxylic acids is 2. The van der Waals surface area contributed by atoms with Crippen molar-refractivity contribution in [1.82, 2.24) is 14.9 Å². The third-order valence-electron chi connectivity index (χ3n) is 3.29. The van der Waals surface area contributed by atoms with Crippen LogP contribution in [0.5, 0.6) is 0 Å². The Hall–Kier alpha value is -2.89. The van der Waals surface area contributed by atoms with E-state index in [0.29, 0.717) is 5.69 Å². The third-order valence-corrected chi connectivity index (χ3v) is 3.29. The Morgan fingerprint density at radius 2 is 1.96 bits per heavy atom. The lowest BCUT2D eigenvalue weighted by atomic mass is 10.1. The molecule has 2 aromatic rings. The van der Waals surface area contributed by atoms with Crippen LogP contribution in [0.2, 0.25) is 0 Å². The van der Waals surface area contributed by atoms with Crippen molar-refractivity contribution < 1.29 is 9.59 Å². The second-order valence-electron chi connectivity index (χ2n) is 5.14. The lowest BCUT2D eigenvalue weighted by molar-refractivity contribution is -0.117. The fourth-order valence-corrected chi connectivity index (χ4v) is 2.26. The molecule has 0 aliphatic heterocycles. The molecule has 0 spiro atoms. The number of allylic oxidation sites excluding steroid dienone is 1. The van der Waals surface area contributed by atoms with E-state index in [1.54, 1.807) is 31.3 Å². The van der Waals surface area contributed by atoms with E-state index in [-0.39, 0.29) is 17.9 Å². The van der Waals surface area contributed by atoms with Crippen LogP contribution >= 0.6 is 0 Å².